The molecular weight excluding hydrogens is 245 g/mol. The van der Waals surface area contributed by atoms with Crippen LogP contribution in [-0.2, 0) is 4.79 Å². The number of amides is 1. The first-order valence-corrected chi connectivity index (χ1v) is 6.11. The maximum Gasteiger partial charge on any atom is 0.241 e. The van der Waals surface area contributed by atoms with Crippen molar-refractivity contribution in [2.75, 3.05) is 5.32 Å². The Balaban J connectivity index is 2.91. The molecule has 1 rings (SSSR count). The molecular formula is C14H18FN3O. The number of rotatable bonds is 4. The third-order valence-corrected chi connectivity index (χ3v) is 2.79. The van der Waals surface area contributed by atoms with Crippen LogP contribution in [0.4, 0.5) is 10.1 Å². The molecule has 4 nitrogen and oxygen atoms in total. The number of nitrogens with zero attached hydrogens (tertiary/aromatic N) is 1. The molecule has 1 aromatic carbocycles. The summed E-state index contributed by atoms with van der Waals surface area (Å²) >= 11 is 0. The van der Waals surface area contributed by atoms with Crippen LogP contribution in [0.5, 0.6) is 0 Å². The highest BCUT2D eigenvalue weighted by Gasteiger charge is 2.17. The maximum absolute atomic E-state index is 13.6. The molecule has 19 heavy (non-hydrogen) atoms. The summed E-state index contributed by atoms with van der Waals surface area (Å²) in [5.74, 6) is -0.595. The number of carbonyl (C=O) groups excluding carboxylic acids is 1. The number of hydrogen-bond donors (Lipinski definition) is 2. The molecule has 1 aromatic rings. The summed E-state index contributed by atoms with van der Waals surface area (Å²) in [7, 11) is 0. The molecule has 0 bridgehead atoms. The van der Waals surface area contributed by atoms with Gasteiger partial charge in [-0.15, -0.1) is 0 Å². The van der Waals surface area contributed by atoms with Crippen LogP contribution < -0.4 is 11.1 Å². The van der Waals surface area contributed by atoms with Gasteiger partial charge in [0.15, 0.2) is 0 Å². The number of benzene rings is 1. The van der Waals surface area contributed by atoms with Gasteiger partial charge in [0.2, 0.25) is 5.91 Å². The van der Waals surface area contributed by atoms with E-state index in [1.807, 2.05) is 19.9 Å². The Morgan fingerprint density at radius 2 is 2.16 bits per heavy atom. The van der Waals surface area contributed by atoms with Crippen molar-refractivity contribution in [3.8, 4) is 6.07 Å². The molecule has 0 aromatic heterocycles. The van der Waals surface area contributed by atoms with Crippen LogP contribution in [0.3, 0.4) is 0 Å². The minimum atomic E-state index is -0.645. The number of nitrogens with one attached hydrogen (secondary N) is 1. The van der Waals surface area contributed by atoms with Crippen molar-refractivity contribution in [3.05, 3.63) is 29.1 Å². The molecule has 0 radical (unpaired) electrons. The van der Waals surface area contributed by atoms with E-state index in [4.69, 9.17) is 11.0 Å². The third kappa shape index (κ3) is 4.04. The highest BCUT2D eigenvalue weighted by Crippen LogP contribution is 2.20. The van der Waals surface area contributed by atoms with Gasteiger partial charge in [-0.25, -0.2) is 4.39 Å². The highest BCUT2D eigenvalue weighted by molar-refractivity contribution is 5.95. The zero-order valence-corrected chi connectivity index (χ0v) is 11.3. The molecule has 1 atom stereocenters. The maximum atomic E-state index is 13.6. The van der Waals surface area contributed by atoms with Crippen LogP contribution >= 0.6 is 0 Å². The average molecular weight is 263 g/mol. The van der Waals surface area contributed by atoms with Gasteiger partial charge >= 0.3 is 0 Å². The first-order valence-electron chi connectivity index (χ1n) is 6.11. The van der Waals surface area contributed by atoms with Gasteiger partial charge in [0.1, 0.15) is 5.82 Å². The van der Waals surface area contributed by atoms with Crippen LogP contribution in [0.25, 0.3) is 0 Å². The standard InChI is InChI=1S/C14H18FN3O/c1-8(2)4-12(17)14(19)18-13-6-10(7-16)5-11(15)9(13)3/h5-6,8,12H,4,17H2,1-3H3,(H,18,19)/t12-/m1/s1. The summed E-state index contributed by atoms with van der Waals surface area (Å²) in [5.41, 5.74) is 6.50. The molecule has 0 saturated carbocycles. The van der Waals surface area contributed by atoms with E-state index < -0.39 is 11.9 Å². The zero-order chi connectivity index (χ0) is 14.6. The van der Waals surface area contributed by atoms with E-state index >= 15 is 0 Å². The summed E-state index contributed by atoms with van der Waals surface area (Å²) in [4.78, 5) is 11.9. The van der Waals surface area contributed by atoms with E-state index in [1.54, 1.807) is 6.92 Å². The van der Waals surface area contributed by atoms with E-state index in [0.717, 1.165) is 6.07 Å². The van der Waals surface area contributed by atoms with Crippen LogP contribution in [0.1, 0.15) is 31.4 Å². The van der Waals surface area contributed by atoms with Crippen molar-refractivity contribution in [2.45, 2.75) is 33.2 Å². The van der Waals surface area contributed by atoms with E-state index in [-0.39, 0.29) is 11.5 Å². The van der Waals surface area contributed by atoms with Crippen molar-refractivity contribution < 1.29 is 9.18 Å². The molecule has 0 aliphatic heterocycles. The monoisotopic (exact) mass is 263 g/mol. The molecule has 0 aliphatic carbocycles. The SMILES string of the molecule is Cc1c(F)cc(C#N)cc1NC(=O)[C@H](N)CC(C)C. The summed E-state index contributed by atoms with van der Waals surface area (Å²) in [6.07, 6.45) is 0.547. The van der Waals surface area contributed by atoms with Crippen LogP contribution in [0.15, 0.2) is 12.1 Å². The number of nitriles is 1. The molecule has 0 fully saturated rings. The van der Waals surface area contributed by atoms with E-state index in [9.17, 15) is 9.18 Å². The number of nitrogens with two attached hydrogens (primary N) is 1. The second-order valence-corrected chi connectivity index (χ2v) is 4.97. The van der Waals surface area contributed by atoms with Gasteiger partial charge in [-0.3, -0.25) is 4.79 Å². The third-order valence-electron chi connectivity index (χ3n) is 2.79. The first kappa shape index (κ1) is 15.1. The van der Waals surface area contributed by atoms with Gasteiger partial charge in [0, 0.05) is 11.3 Å². The Morgan fingerprint density at radius 3 is 2.68 bits per heavy atom. The summed E-state index contributed by atoms with van der Waals surface area (Å²) in [5, 5.41) is 11.4. The van der Waals surface area contributed by atoms with Gasteiger partial charge in [-0.05, 0) is 31.4 Å². The largest absolute Gasteiger partial charge is 0.324 e. The van der Waals surface area contributed by atoms with Crippen molar-refractivity contribution in [1.82, 2.24) is 0 Å². The molecule has 102 valence electrons. The Kier molecular flexibility index (Phi) is 5.02. The van der Waals surface area contributed by atoms with Crippen LogP contribution in [0, 0.1) is 30.0 Å². The molecule has 0 spiro atoms. The van der Waals surface area contributed by atoms with Crippen molar-refractivity contribution in [3.63, 3.8) is 0 Å². The number of hydrogen-bond acceptors (Lipinski definition) is 3. The van der Waals surface area contributed by atoms with Crippen LogP contribution in [-0.4, -0.2) is 11.9 Å². The lowest BCUT2D eigenvalue weighted by atomic mass is 10.0. The van der Waals surface area contributed by atoms with E-state index in [1.165, 1.54) is 6.07 Å². The van der Waals surface area contributed by atoms with Gasteiger partial charge in [0.05, 0.1) is 17.7 Å². The van der Waals surface area contributed by atoms with Gasteiger partial charge in [0.25, 0.3) is 0 Å². The predicted molar refractivity (Wildman–Crippen MR) is 71.9 cm³/mol. The molecule has 0 saturated heterocycles. The minimum Gasteiger partial charge on any atom is -0.324 e. The zero-order valence-electron chi connectivity index (χ0n) is 11.3. The Labute approximate surface area is 112 Å². The summed E-state index contributed by atoms with van der Waals surface area (Å²) in [6.45, 7) is 5.47. The fourth-order valence-electron chi connectivity index (χ4n) is 1.71. The summed E-state index contributed by atoms with van der Waals surface area (Å²) < 4.78 is 13.6. The van der Waals surface area contributed by atoms with Gasteiger partial charge in [-0.2, -0.15) is 5.26 Å². The number of carbonyl (C=O) groups is 1. The van der Waals surface area contributed by atoms with E-state index in [0.29, 0.717) is 23.6 Å². The molecule has 1 amide bonds. The number of anilines is 1. The normalized spacial score (nSPS) is 12.1. The molecule has 5 heteroatoms. The van der Waals surface area contributed by atoms with E-state index in [2.05, 4.69) is 5.32 Å². The fourth-order valence-corrected chi connectivity index (χ4v) is 1.71. The topological polar surface area (TPSA) is 78.9 Å². The molecule has 0 aliphatic rings. The Hall–Kier alpha value is -1.93. The smallest absolute Gasteiger partial charge is 0.241 e. The lowest BCUT2D eigenvalue weighted by Crippen LogP contribution is -2.36. The second kappa shape index (κ2) is 6.30. The van der Waals surface area contributed by atoms with Gasteiger partial charge < -0.3 is 11.1 Å². The summed E-state index contributed by atoms with van der Waals surface area (Å²) in [6, 6.07) is 3.78. The van der Waals surface area contributed by atoms with Crippen LogP contribution in [0.2, 0.25) is 0 Å². The van der Waals surface area contributed by atoms with Crippen molar-refractivity contribution >= 4 is 11.6 Å². The highest BCUT2D eigenvalue weighted by atomic mass is 19.1. The average Bonchev–Trinajstić information content (AvgIpc) is 2.33. The lowest BCUT2D eigenvalue weighted by Gasteiger charge is -2.15. The lowest BCUT2D eigenvalue weighted by molar-refractivity contribution is -0.117. The first-order chi connectivity index (χ1) is 8.85. The fraction of sp³-hybridized carbons (Fsp3) is 0.429. The van der Waals surface area contributed by atoms with Crippen molar-refractivity contribution in [2.24, 2.45) is 11.7 Å². The Morgan fingerprint density at radius 1 is 1.53 bits per heavy atom. The second-order valence-electron chi connectivity index (χ2n) is 4.97. The Bertz CT molecular complexity index is 520. The molecule has 0 unspecified atom stereocenters. The predicted octanol–water partition coefficient (Wildman–Crippen LogP) is 2.32. The van der Waals surface area contributed by atoms with Gasteiger partial charge in [-0.1, -0.05) is 13.8 Å². The molecule has 3 N–H and O–H groups in total. The van der Waals surface area contributed by atoms with Crippen molar-refractivity contribution in [1.29, 1.82) is 5.26 Å². The quantitative estimate of drug-likeness (QED) is 0.875. The molecule has 0 heterocycles. The minimum absolute atomic E-state index is 0.163. The number of halogens is 1.